The molecule has 1 atom stereocenters. The van der Waals surface area contributed by atoms with Crippen molar-refractivity contribution in [2.24, 2.45) is 5.41 Å². The Kier molecular flexibility index (Phi) is 6.29. The lowest BCUT2D eigenvalue weighted by atomic mass is 9.79. The van der Waals surface area contributed by atoms with E-state index in [0.29, 0.717) is 5.56 Å². The molecule has 25 heavy (non-hydrogen) atoms. The highest BCUT2D eigenvalue weighted by molar-refractivity contribution is 5.32. The van der Waals surface area contributed by atoms with Gasteiger partial charge < -0.3 is 15.2 Å². The number of hydrogen-bond donors (Lipinski definition) is 2. The molecule has 0 spiro atoms. The summed E-state index contributed by atoms with van der Waals surface area (Å²) < 4.78 is 55.3. The van der Waals surface area contributed by atoms with Crippen molar-refractivity contribution in [3.8, 4) is 5.75 Å². The summed E-state index contributed by atoms with van der Waals surface area (Å²) in [6.07, 6.45) is -8.45. The maximum absolute atomic E-state index is 13.2. The Morgan fingerprint density at radius 1 is 1.24 bits per heavy atom. The molecule has 0 bridgehead atoms. The molecule has 1 saturated heterocycles. The highest BCUT2D eigenvalue weighted by Gasteiger charge is 2.44. The van der Waals surface area contributed by atoms with E-state index >= 15 is 0 Å². The molecule has 0 aliphatic carbocycles. The lowest BCUT2D eigenvalue weighted by Crippen LogP contribution is -2.49. The largest absolute Gasteiger partial charge is 0.461 e. The van der Waals surface area contributed by atoms with Gasteiger partial charge in [-0.15, -0.1) is 0 Å². The van der Waals surface area contributed by atoms with Crippen LogP contribution >= 0.6 is 0 Å². The molecule has 1 aromatic carbocycles. The van der Waals surface area contributed by atoms with Crippen molar-refractivity contribution in [1.82, 2.24) is 10.2 Å². The van der Waals surface area contributed by atoms with E-state index in [1.54, 1.807) is 6.07 Å². The number of rotatable bonds is 7. The molecule has 8 heteroatoms. The normalized spacial score (nSPS) is 18.4. The first-order valence-corrected chi connectivity index (χ1v) is 8.18. The van der Waals surface area contributed by atoms with Crippen LogP contribution in [0.1, 0.15) is 25.5 Å². The zero-order valence-corrected chi connectivity index (χ0v) is 14.3. The summed E-state index contributed by atoms with van der Waals surface area (Å²) >= 11 is 0. The molecule has 1 aliphatic heterocycles. The lowest BCUT2D eigenvalue weighted by molar-refractivity contribution is -0.253. The van der Waals surface area contributed by atoms with Crippen LogP contribution < -0.4 is 10.1 Å². The smallest absolute Gasteiger partial charge is 0.428 e. The molecule has 1 heterocycles. The predicted octanol–water partition coefficient (Wildman–Crippen LogP) is 2.89. The molecule has 1 aliphatic rings. The minimum absolute atomic E-state index is 0.111. The number of benzene rings is 1. The summed E-state index contributed by atoms with van der Waals surface area (Å²) in [5.74, 6) is -0.323. The third-order valence-corrected chi connectivity index (χ3v) is 4.35. The van der Waals surface area contributed by atoms with Gasteiger partial charge in [0.1, 0.15) is 5.75 Å². The molecule has 1 aromatic rings. The molecular formula is C17H24F4N2O2. The van der Waals surface area contributed by atoms with Crippen molar-refractivity contribution < 1.29 is 27.4 Å². The second kappa shape index (κ2) is 7.88. The van der Waals surface area contributed by atoms with Gasteiger partial charge in [0, 0.05) is 44.2 Å². The van der Waals surface area contributed by atoms with E-state index in [9.17, 15) is 22.7 Å². The fourth-order valence-electron chi connectivity index (χ4n) is 3.13. The number of nitrogens with zero attached hydrogens (tertiary/aromatic N) is 1. The molecular weight excluding hydrogens is 340 g/mol. The second-order valence-corrected chi connectivity index (χ2v) is 6.87. The maximum Gasteiger partial charge on any atom is 0.461 e. The zero-order valence-electron chi connectivity index (χ0n) is 14.3. The average molecular weight is 364 g/mol. The van der Waals surface area contributed by atoms with E-state index in [-0.39, 0.29) is 18.4 Å². The van der Waals surface area contributed by atoms with Crippen LogP contribution in [0.5, 0.6) is 5.75 Å². The first-order chi connectivity index (χ1) is 11.7. The van der Waals surface area contributed by atoms with Crippen LogP contribution in [-0.2, 0) is 0 Å². The zero-order chi connectivity index (χ0) is 18.7. The van der Waals surface area contributed by atoms with Crippen molar-refractivity contribution in [2.75, 3.05) is 32.8 Å². The van der Waals surface area contributed by atoms with Gasteiger partial charge in [0.15, 0.2) is 0 Å². The van der Waals surface area contributed by atoms with E-state index in [0.717, 1.165) is 26.2 Å². The highest BCUT2D eigenvalue weighted by atomic mass is 19.3. The quantitative estimate of drug-likeness (QED) is 0.731. The molecule has 1 fully saturated rings. The number of hydrogen-bond acceptors (Lipinski definition) is 4. The molecule has 2 N–H and O–H groups in total. The van der Waals surface area contributed by atoms with Gasteiger partial charge in [-0.2, -0.15) is 17.6 Å². The van der Waals surface area contributed by atoms with E-state index in [2.05, 4.69) is 15.0 Å². The summed E-state index contributed by atoms with van der Waals surface area (Å²) in [5.41, 5.74) is 0.0878. The first-order valence-electron chi connectivity index (χ1n) is 8.18. The minimum atomic E-state index is -4.55. The molecule has 0 aromatic heterocycles. The van der Waals surface area contributed by atoms with Crippen molar-refractivity contribution in [3.05, 3.63) is 29.8 Å². The molecule has 0 radical (unpaired) electrons. The van der Waals surface area contributed by atoms with E-state index in [4.69, 9.17) is 0 Å². The fraction of sp³-hybridized carbons (Fsp3) is 0.647. The van der Waals surface area contributed by atoms with Crippen LogP contribution in [-0.4, -0.2) is 55.3 Å². The standard InChI is InChI=1S/C17H24F4N2O2/c1-16(2,11-24)14(23-8-6-22-7-9-23)12-4-3-5-13(10-12)25-17(20,21)15(18)19/h3-5,10,14-15,22,24H,6-9,11H2,1-2H3/t14-/m0/s1. The Labute approximate surface area is 144 Å². The monoisotopic (exact) mass is 364 g/mol. The third-order valence-electron chi connectivity index (χ3n) is 4.35. The highest BCUT2D eigenvalue weighted by Crippen LogP contribution is 2.40. The number of ether oxygens (including phenoxy) is 1. The molecule has 2 rings (SSSR count). The SMILES string of the molecule is CC(C)(CO)[C@H](c1cccc(OC(F)(F)C(F)F)c1)N1CCNCC1. The van der Waals surface area contributed by atoms with E-state index < -0.39 is 17.9 Å². The van der Waals surface area contributed by atoms with E-state index in [1.807, 2.05) is 13.8 Å². The summed E-state index contributed by atoms with van der Waals surface area (Å²) in [6, 6.07) is 5.54. The van der Waals surface area contributed by atoms with Crippen LogP contribution in [0.4, 0.5) is 17.6 Å². The Morgan fingerprint density at radius 2 is 1.88 bits per heavy atom. The summed E-state index contributed by atoms with van der Waals surface area (Å²) in [6.45, 7) is 6.65. The van der Waals surface area contributed by atoms with Crippen LogP contribution in [0.25, 0.3) is 0 Å². The van der Waals surface area contributed by atoms with Crippen molar-refractivity contribution in [3.63, 3.8) is 0 Å². The predicted molar refractivity (Wildman–Crippen MR) is 86.1 cm³/mol. The summed E-state index contributed by atoms with van der Waals surface area (Å²) in [7, 11) is 0. The third kappa shape index (κ3) is 4.83. The van der Waals surface area contributed by atoms with Gasteiger partial charge in [0.25, 0.3) is 0 Å². The van der Waals surface area contributed by atoms with Gasteiger partial charge in [-0.25, -0.2) is 0 Å². The minimum Gasteiger partial charge on any atom is -0.428 e. The Hall–Kier alpha value is -1.38. The molecule has 0 saturated carbocycles. The Balaban J connectivity index is 2.32. The lowest BCUT2D eigenvalue weighted by Gasteiger charge is -2.43. The van der Waals surface area contributed by atoms with Crippen molar-refractivity contribution in [1.29, 1.82) is 0 Å². The number of nitrogens with one attached hydrogen (secondary N) is 1. The average Bonchev–Trinajstić information content (AvgIpc) is 2.55. The summed E-state index contributed by atoms with van der Waals surface area (Å²) in [5, 5.41) is 13.0. The van der Waals surface area contributed by atoms with E-state index in [1.165, 1.54) is 18.2 Å². The van der Waals surface area contributed by atoms with Gasteiger partial charge in [0.05, 0.1) is 0 Å². The van der Waals surface area contributed by atoms with Crippen LogP contribution in [0.3, 0.4) is 0 Å². The van der Waals surface area contributed by atoms with Gasteiger partial charge >= 0.3 is 12.5 Å². The van der Waals surface area contributed by atoms with Gasteiger partial charge in [-0.3, -0.25) is 4.90 Å². The second-order valence-electron chi connectivity index (χ2n) is 6.87. The first kappa shape index (κ1) is 19.9. The Morgan fingerprint density at radius 3 is 2.44 bits per heavy atom. The van der Waals surface area contributed by atoms with Gasteiger partial charge in [-0.05, 0) is 17.7 Å². The molecule has 4 nitrogen and oxygen atoms in total. The van der Waals surface area contributed by atoms with Crippen molar-refractivity contribution in [2.45, 2.75) is 32.4 Å². The molecule has 0 unspecified atom stereocenters. The Bertz CT molecular complexity index is 563. The number of aliphatic hydroxyl groups excluding tert-OH is 1. The summed E-state index contributed by atoms with van der Waals surface area (Å²) in [4.78, 5) is 2.15. The number of aliphatic hydroxyl groups is 1. The number of alkyl halides is 4. The number of halogens is 4. The number of piperazine rings is 1. The van der Waals surface area contributed by atoms with Crippen LogP contribution in [0.15, 0.2) is 24.3 Å². The van der Waals surface area contributed by atoms with Crippen molar-refractivity contribution >= 4 is 0 Å². The topological polar surface area (TPSA) is 44.7 Å². The van der Waals surface area contributed by atoms with Gasteiger partial charge in [0.2, 0.25) is 0 Å². The van der Waals surface area contributed by atoms with Crippen LogP contribution in [0.2, 0.25) is 0 Å². The maximum atomic E-state index is 13.2. The fourth-order valence-corrected chi connectivity index (χ4v) is 3.13. The van der Waals surface area contributed by atoms with Crippen LogP contribution in [0, 0.1) is 5.41 Å². The molecule has 0 amide bonds. The van der Waals surface area contributed by atoms with Gasteiger partial charge in [-0.1, -0.05) is 26.0 Å². The molecule has 142 valence electrons.